The van der Waals surface area contributed by atoms with Gasteiger partial charge in [-0.2, -0.15) is 0 Å². The number of likely N-dealkylation sites (N-methyl/N-ethyl adjacent to an activating group) is 1. The minimum atomic E-state index is -1.43. The second kappa shape index (κ2) is 22.5. The normalized spacial score (nSPS) is 44.7. The predicted octanol–water partition coefficient (Wildman–Crippen LogP) is 2.99. The molecule has 0 aromatic rings. The molecule has 4 N–H and O–H groups in total. The largest absolute Gasteiger partial charge is 0.462 e. The molecule has 15 heteroatoms. The number of carbonyl (C=O) groups is 2. The van der Waals surface area contributed by atoms with E-state index in [1.165, 1.54) is 7.11 Å². The monoisotopic (exact) mass is 841 g/mol. The van der Waals surface area contributed by atoms with Gasteiger partial charge in [0.2, 0.25) is 0 Å². The van der Waals surface area contributed by atoms with Crippen LogP contribution in [0.15, 0.2) is 24.3 Å². The van der Waals surface area contributed by atoms with Gasteiger partial charge in [0.05, 0.1) is 66.9 Å². The van der Waals surface area contributed by atoms with E-state index in [0.29, 0.717) is 25.7 Å². The molecule has 1 saturated carbocycles. The Morgan fingerprint density at radius 1 is 0.847 bits per heavy atom. The number of carbonyl (C=O) groups excluding carboxylic acids is 2. The third-order valence-corrected chi connectivity index (χ3v) is 12.8. The van der Waals surface area contributed by atoms with Crippen LogP contribution in [0.1, 0.15) is 92.9 Å². The number of allylic oxidation sites excluding steroid dienone is 2. The Hall–Kier alpha value is -1.86. The highest BCUT2D eigenvalue weighted by Gasteiger charge is 2.51. The van der Waals surface area contributed by atoms with Gasteiger partial charge in [0.25, 0.3) is 0 Å². The molecule has 0 amide bonds. The lowest BCUT2D eigenvalue weighted by atomic mass is 9.78. The molecule has 0 spiro atoms. The van der Waals surface area contributed by atoms with Gasteiger partial charge in [-0.05, 0) is 92.9 Å². The number of aldehydes is 1. The van der Waals surface area contributed by atoms with Gasteiger partial charge in [0.15, 0.2) is 12.6 Å². The summed E-state index contributed by atoms with van der Waals surface area (Å²) < 4.78 is 44.1. The van der Waals surface area contributed by atoms with Crippen LogP contribution < -0.4 is 0 Å². The van der Waals surface area contributed by atoms with E-state index in [1.807, 2.05) is 50.2 Å². The summed E-state index contributed by atoms with van der Waals surface area (Å²) in [5.74, 6) is -1.53. The molecule has 59 heavy (non-hydrogen) atoms. The Morgan fingerprint density at radius 3 is 2.19 bits per heavy atom. The van der Waals surface area contributed by atoms with Crippen molar-refractivity contribution < 1.29 is 63.2 Å². The van der Waals surface area contributed by atoms with E-state index >= 15 is 0 Å². The van der Waals surface area contributed by atoms with Gasteiger partial charge < -0.3 is 68.2 Å². The minimum Gasteiger partial charge on any atom is -0.462 e. The van der Waals surface area contributed by atoms with Crippen molar-refractivity contribution in [2.75, 3.05) is 35.3 Å². The van der Waals surface area contributed by atoms with Crippen molar-refractivity contribution in [3.05, 3.63) is 24.3 Å². The molecule has 3 heterocycles. The highest BCUT2D eigenvalue weighted by molar-refractivity contribution is 5.70. The zero-order chi connectivity index (χ0) is 43.8. The molecule has 0 bridgehead atoms. The van der Waals surface area contributed by atoms with E-state index in [2.05, 4.69) is 32.8 Å². The first kappa shape index (κ1) is 49.8. The predicted molar refractivity (Wildman–Crippen MR) is 220 cm³/mol. The van der Waals surface area contributed by atoms with E-state index in [4.69, 9.17) is 33.2 Å². The number of hydrogen-bond donors (Lipinski definition) is 4. The lowest BCUT2D eigenvalue weighted by Gasteiger charge is -2.50. The zero-order valence-corrected chi connectivity index (χ0v) is 37.3. The molecule has 19 unspecified atom stereocenters. The number of esters is 1. The van der Waals surface area contributed by atoms with Crippen LogP contribution in [0.4, 0.5) is 0 Å². The molecule has 2 saturated heterocycles. The van der Waals surface area contributed by atoms with Gasteiger partial charge in [-0.3, -0.25) is 4.79 Å². The van der Waals surface area contributed by atoms with Crippen molar-refractivity contribution in [3.63, 3.8) is 0 Å². The number of cyclic esters (lactones) is 1. The van der Waals surface area contributed by atoms with Crippen LogP contribution in [0.5, 0.6) is 0 Å². The maximum atomic E-state index is 13.1. The van der Waals surface area contributed by atoms with Crippen molar-refractivity contribution in [3.8, 4) is 0 Å². The molecule has 3 fully saturated rings. The average Bonchev–Trinajstić information content (AvgIpc) is 3.13. The summed E-state index contributed by atoms with van der Waals surface area (Å²) in [6.45, 7) is 11.1. The summed E-state index contributed by atoms with van der Waals surface area (Å²) in [5, 5.41) is 45.3. The number of rotatable bonds is 11. The molecule has 3 aliphatic heterocycles. The third-order valence-electron chi connectivity index (χ3n) is 12.8. The number of hydrogen-bond acceptors (Lipinski definition) is 15. The number of aliphatic hydroxyl groups excluding tert-OH is 3. The van der Waals surface area contributed by atoms with E-state index in [0.717, 1.165) is 12.7 Å². The number of nitrogens with zero attached hydrogens (tertiary/aromatic N) is 2. The topological polar surface area (TPSA) is 186 Å². The zero-order valence-electron chi connectivity index (χ0n) is 37.3. The lowest BCUT2D eigenvalue weighted by molar-refractivity contribution is -0.302. The summed E-state index contributed by atoms with van der Waals surface area (Å²) >= 11 is 0. The molecule has 19 atom stereocenters. The van der Waals surface area contributed by atoms with Crippen LogP contribution in [0.25, 0.3) is 0 Å². The number of methoxy groups -OCH3 is 1. The Labute approximate surface area is 352 Å². The first-order chi connectivity index (χ1) is 27.8. The van der Waals surface area contributed by atoms with Gasteiger partial charge >= 0.3 is 5.97 Å². The third kappa shape index (κ3) is 13.6. The highest BCUT2D eigenvalue weighted by atomic mass is 16.7. The van der Waals surface area contributed by atoms with Gasteiger partial charge in [0.1, 0.15) is 24.6 Å². The maximum absolute atomic E-state index is 13.1. The van der Waals surface area contributed by atoms with E-state index in [1.54, 1.807) is 20.8 Å². The molecule has 4 rings (SSSR count). The summed E-state index contributed by atoms with van der Waals surface area (Å²) in [7, 11) is 9.22. The summed E-state index contributed by atoms with van der Waals surface area (Å²) in [5.41, 5.74) is -1.43. The van der Waals surface area contributed by atoms with Crippen LogP contribution in [-0.2, 0) is 42.7 Å². The van der Waals surface area contributed by atoms with Crippen molar-refractivity contribution in [1.82, 2.24) is 9.80 Å². The summed E-state index contributed by atoms with van der Waals surface area (Å²) in [4.78, 5) is 29.7. The smallest absolute Gasteiger partial charge is 0.308 e. The fourth-order valence-corrected chi connectivity index (χ4v) is 9.45. The van der Waals surface area contributed by atoms with Gasteiger partial charge in [-0.25, -0.2) is 0 Å². The van der Waals surface area contributed by atoms with Crippen LogP contribution in [0, 0.1) is 17.8 Å². The van der Waals surface area contributed by atoms with E-state index < -0.39 is 97.1 Å². The second-order valence-corrected chi connectivity index (χ2v) is 18.4. The van der Waals surface area contributed by atoms with Crippen LogP contribution in [0.2, 0.25) is 0 Å². The molecule has 1 aliphatic carbocycles. The first-order valence-electron chi connectivity index (χ1n) is 21.6. The Kier molecular flexibility index (Phi) is 19.0. The van der Waals surface area contributed by atoms with Gasteiger partial charge in [-0.15, -0.1) is 0 Å². The molecular weight excluding hydrogens is 764 g/mol. The molecule has 15 nitrogen and oxygen atoms in total. The minimum absolute atomic E-state index is 0.00194. The quantitative estimate of drug-likeness (QED) is 0.176. The van der Waals surface area contributed by atoms with Crippen LogP contribution >= 0.6 is 0 Å². The Bertz CT molecular complexity index is 1360. The average molecular weight is 841 g/mol. The fraction of sp³-hybridized carbons (Fsp3) is 0.864. The number of ether oxygens (including phenoxy) is 7. The highest BCUT2D eigenvalue weighted by Crippen LogP contribution is 2.39. The van der Waals surface area contributed by atoms with Crippen molar-refractivity contribution in [2.45, 2.75) is 190 Å². The molecule has 0 aromatic carbocycles. The molecular formula is C44H76N2O13. The first-order valence-corrected chi connectivity index (χ1v) is 21.6. The number of aliphatic hydroxyl groups is 4. The standard InChI is InChI=1S/C44H76N2O13/c1-25-19-30(17-18-47)41(58-34-20-26(2)40(38(39(34)50)46(9)10)59-37-24-44(6,52)43(51)29(5)56-37)42(53-11)32(48)23-35(49)54-27(3)15-13-12-14-16-33(25)57-36-22-31(45(7)8)21-28(4)55-36/h12-14,16,18,25-34,36-43,48,50-52H,15,17,19-24H2,1-11H3. The Morgan fingerprint density at radius 2 is 1.56 bits per heavy atom. The molecule has 4 aliphatic rings. The molecule has 0 radical (unpaired) electrons. The Balaban J connectivity index is 1.68. The van der Waals surface area contributed by atoms with Crippen molar-refractivity contribution >= 4 is 12.3 Å². The van der Waals surface area contributed by atoms with Gasteiger partial charge in [-0.1, -0.05) is 38.2 Å². The summed E-state index contributed by atoms with van der Waals surface area (Å²) in [6.07, 6.45) is 1.23. The van der Waals surface area contributed by atoms with Crippen molar-refractivity contribution in [1.29, 1.82) is 0 Å². The van der Waals surface area contributed by atoms with Gasteiger partial charge in [0, 0.05) is 38.8 Å². The fourth-order valence-electron chi connectivity index (χ4n) is 9.45. The van der Waals surface area contributed by atoms with E-state index in [9.17, 15) is 30.0 Å². The van der Waals surface area contributed by atoms with E-state index in [-0.39, 0.29) is 43.2 Å². The maximum Gasteiger partial charge on any atom is 0.308 e. The molecule has 340 valence electrons. The summed E-state index contributed by atoms with van der Waals surface area (Å²) in [6, 6.07) is -0.319. The van der Waals surface area contributed by atoms with Crippen molar-refractivity contribution in [2.24, 2.45) is 17.8 Å². The molecule has 0 aromatic heterocycles. The lowest BCUT2D eigenvalue weighted by Crippen LogP contribution is -2.63. The second-order valence-electron chi connectivity index (χ2n) is 18.4. The SMILES string of the molecule is COC1C(O)CC(=O)OC(C)CC=CC=CC(OC2CC(N(C)C)CC(C)O2)C(C)CC(CC=O)C1OC1CC(C)C(OC2CC(C)(O)C(O)C(C)O2)C(N(C)C)C1O. The van der Waals surface area contributed by atoms with Crippen LogP contribution in [-0.4, -0.2) is 175 Å². The van der Waals surface area contributed by atoms with Crippen LogP contribution in [0.3, 0.4) is 0 Å².